The van der Waals surface area contributed by atoms with Gasteiger partial charge in [0.05, 0.1) is 10.9 Å². The molecule has 7 nitrogen and oxygen atoms in total. The lowest BCUT2D eigenvalue weighted by atomic mass is 10.1. The van der Waals surface area contributed by atoms with Gasteiger partial charge in [0.1, 0.15) is 5.01 Å². The number of nitrogens with one attached hydrogen (secondary N) is 2. The molecule has 0 unspecified atom stereocenters. The molecule has 1 atom stereocenters. The Morgan fingerprint density at radius 1 is 1.19 bits per heavy atom. The molecule has 2 N–H and O–H groups in total. The van der Waals surface area contributed by atoms with E-state index >= 15 is 0 Å². The van der Waals surface area contributed by atoms with Gasteiger partial charge >= 0.3 is 0 Å². The number of carbonyl (C=O) groups excluding carboxylic acids is 1. The quantitative estimate of drug-likeness (QED) is 0.484. The number of amides is 1. The predicted octanol–water partition coefficient (Wildman–Crippen LogP) is 3.53. The third kappa shape index (κ3) is 5.01. The van der Waals surface area contributed by atoms with Gasteiger partial charge < -0.3 is 4.98 Å². The van der Waals surface area contributed by atoms with Gasteiger partial charge in [-0.15, -0.1) is 10.2 Å². The zero-order valence-electron chi connectivity index (χ0n) is 15.1. The fourth-order valence-corrected chi connectivity index (χ4v) is 3.75. The number of aromatic nitrogens is 4. The summed E-state index contributed by atoms with van der Waals surface area (Å²) in [6.45, 7) is 5.79. The van der Waals surface area contributed by atoms with E-state index in [9.17, 15) is 9.59 Å². The second-order valence-electron chi connectivity index (χ2n) is 6.15. The molecule has 0 fully saturated rings. The van der Waals surface area contributed by atoms with Crippen molar-refractivity contribution in [3.05, 3.63) is 51.8 Å². The predicted molar refractivity (Wildman–Crippen MR) is 108 cm³/mol. The topological polar surface area (TPSA) is 101 Å². The van der Waals surface area contributed by atoms with Gasteiger partial charge in [0.2, 0.25) is 11.0 Å². The molecule has 2 heterocycles. The minimum Gasteiger partial charge on any atom is -0.301 e. The Balaban J connectivity index is 1.71. The molecule has 3 rings (SSSR count). The zero-order valence-corrected chi connectivity index (χ0v) is 16.7. The van der Waals surface area contributed by atoms with Crippen LogP contribution < -0.4 is 10.9 Å². The number of anilines is 1. The maximum Gasteiger partial charge on any atom is 0.252 e. The fourth-order valence-electron chi connectivity index (χ4n) is 2.19. The molecule has 140 valence electrons. The summed E-state index contributed by atoms with van der Waals surface area (Å²) in [6, 6.07) is 10.9. The van der Waals surface area contributed by atoms with Crippen LogP contribution in [0, 0.1) is 0 Å². The summed E-state index contributed by atoms with van der Waals surface area (Å²) in [5, 5.41) is 12.1. The SMILES string of the molecule is CC(C)c1nnc(NC(=O)[C@@H](C)Sc2nc(-c3ccccc3)cc(=O)[nH]2)s1. The molecule has 2 aromatic heterocycles. The number of benzene rings is 1. The normalized spacial score (nSPS) is 12.1. The van der Waals surface area contributed by atoms with Crippen molar-refractivity contribution in [2.45, 2.75) is 37.1 Å². The van der Waals surface area contributed by atoms with Crippen LogP contribution in [0.25, 0.3) is 11.3 Å². The van der Waals surface area contributed by atoms with Crippen molar-refractivity contribution in [2.24, 2.45) is 0 Å². The first kappa shape index (κ1) is 19.2. The minimum absolute atomic E-state index is 0.223. The van der Waals surface area contributed by atoms with Crippen molar-refractivity contribution < 1.29 is 4.79 Å². The molecule has 0 spiro atoms. The van der Waals surface area contributed by atoms with E-state index < -0.39 is 5.25 Å². The van der Waals surface area contributed by atoms with Crippen molar-refractivity contribution in [1.82, 2.24) is 20.2 Å². The standard InChI is InChI=1S/C18H19N5O2S2/c1-10(2)16-22-23-18(27-16)21-15(25)11(3)26-17-19-13(9-14(24)20-17)12-7-5-4-6-8-12/h4-11H,1-3H3,(H,19,20,24)(H,21,23,25)/t11-/m1/s1. The van der Waals surface area contributed by atoms with Crippen molar-refractivity contribution in [2.75, 3.05) is 5.32 Å². The van der Waals surface area contributed by atoms with Crippen molar-refractivity contribution in [3.63, 3.8) is 0 Å². The molecule has 1 aromatic carbocycles. The van der Waals surface area contributed by atoms with Gasteiger partial charge in [-0.25, -0.2) is 4.98 Å². The highest BCUT2D eigenvalue weighted by atomic mass is 32.2. The van der Waals surface area contributed by atoms with E-state index in [4.69, 9.17) is 0 Å². The Bertz CT molecular complexity index is 985. The summed E-state index contributed by atoms with van der Waals surface area (Å²) in [5.41, 5.74) is 1.16. The second-order valence-corrected chi connectivity index (χ2v) is 8.49. The first-order chi connectivity index (χ1) is 12.9. The third-order valence-corrected chi connectivity index (χ3v) is 5.74. The molecule has 0 aliphatic carbocycles. The first-order valence-corrected chi connectivity index (χ1v) is 10.1. The van der Waals surface area contributed by atoms with E-state index in [1.54, 1.807) is 6.92 Å². The zero-order chi connectivity index (χ0) is 19.4. The molecule has 0 saturated heterocycles. The summed E-state index contributed by atoms with van der Waals surface area (Å²) in [5.74, 6) is 0.0363. The van der Waals surface area contributed by atoms with Gasteiger partial charge in [-0.1, -0.05) is 67.3 Å². The highest BCUT2D eigenvalue weighted by molar-refractivity contribution is 8.00. The van der Waals surface area contributed by atoms with Gasteiger partial charge in [0.15, 0.2) is 5.16 Å². The van der Waals surface area contributed by atoms with E-state index in [2.05, 4.69) is 25.5 Å². The van der Waals surface area contributed by atoms with E-state index in [0.29, 0.717) is 16.0 Å². The number of hydrogen-bond donors (Lipinski definition) is 2. The molecule has 0 bridgehead atoms. The fraction of sp³-hybridized carbons (Fsp3) is 0.278. The van der Waals surface area contributed by atoms with Crippen molar-refractivity contribution >= 4 is 34.1 Å². The first-order valence-electron chi connectivity index (χ1n) is 8.40. The molecule has 0 aliphatic rings. The van der Waals surface area contributed by atoms with Crippen LogP contribution in [0.15, 0.2) is 46.3 Å². The number of H-pyrrole nitrogens is 1. The average molecular weight is 402 g/mol. The smallest absolute Gasteiger partial charge is 0.252 e. The van der Waals surface area contributed by atoms with Gasteiger partial charge in [0, 0.05) is 17.5 Å². The number of thioether (sulfide) groups is 1. The lowest BCUT2D eigenvalue weighted by Gasteiger charge is -2.10. The number of rotatable bonds is 6. The van der Waals surface area contributed by atoms with E-state index in [-0.39, 0.29) is 17.4 Å². The van der Waals surface area contributed by atoms with Crippen LogP contribution in [0.3, 0.4) is 0 Å². The molecule has 0 radical (unpaired) electrons. The Kier molecular flexibility index (Phi) is 6.02. The number of nitrogens with zero attached hydrogens (tertiary/aromatic N) is 3. The molecule has 9 heteroatoms. The molecular weight excluding hydrogens is 382 g/mol. The number of aromatic amines is 1. The van der Waals surface area contributed by atoms with Crippen LogP contribution in [0.2, 0.25) is 0 Å². The van der Waals surface area contributed by atoms with Crippen LogP contribution in [0.1, 0.15) is 31.7 Å². The summed E-state index contributed by atoms with van der Waals surface area (Å²) in [6.07, 6.45) is 0. The Labute approximate surface area is 164 Å². The van der Waals surface area contributed by atoms with E-state index in [1.807, 2.05) is 44.2 Å². The summed E-state index contributed by atoms with van der Waals surface area (Å²) in [7, 11) is 0. The maximum atomic E-state index is 12.4. The Hall–Kier alpha value is -2.52. The largest absolute Gasteiger partial charge is 0.301 e. The van der Waals surface area contributed by atoms with Crippen molar-refractivity contribution in [3.8, 4) is 11.3 Å². The monoisotopic (exact) mass is 401 g/mol. The molecule has 1 amide bonds. The molecule has 27 heavy (non-hydrogen) atoms. The summed E-state index contributed by atoms with van der Waals surface area (Å²) in [4.78, 5) is 31.5. The van der Waals surface area contributed by atoms with Crippen LogP contribution in [0.5, 0.6) is 0 Å². The van der Waals surface area contributed by atoms with E-state index in [0.717, 1.165) is 10.6 Å². The van der Waals surface area contributed by atoms with Crippen LogP contribution >= 0.6 is 23.1 Å². The van der Waals surface area contributed by atoms with E-state index in [1.165, 1.54) is 29.2 Å². The highest BCUT2D eigenvalue weighted by Crippen LogP contribution is 2.25. The Morgan fingerprint density at radius 2 is 1.93 bits per heavy atom. The summed E-state index contributed by atoms with van der Waals surface area (Å²) < 4.78 is 0. The molecular formula is C18H19N5O2S2. The lowest BCUT2D eigenvalue weighted by molar-refractivity contribution is -0.115. The number of hydrogen-bond acceptors (Lipinski definition) is 7. The third-order valence-electron chi connectivity index (χ3n) is 3.61. The molecule has 3 aromatic rings. The van der Waals surface area contributed by atoms with Gasteiger partial charge in [0.25, 0.3) is 5.56 Å². The Morgan fingerprint density at radius 3 is 2.59 bits per heavy atom. The minimum atomic E-state index is -0.467. The summed E-state index contributed by atoms with van der Waals surface area (Å²) >= 11 is 2.54. The van der Waals surface area contributed by atoms with Crippen LogP contribution in [-0.2, 0) is 4.79 Å². The van der Waals surface area contributed by atoms with Gasteiger partial charge in [-0.3, -0.25) is 14.9 Å². The number of carbonyl (C=O) groups is 1. The molecule has 0 aliphatic heterocycles. The maximum absolute atomic E-state index is 12.4. The highest BCUT2D eigenvalue weighted by Gasteiger charge is 2.19. The second kappa shape index (κ2) is 8.45. The van der Waals surface area contributed by atoms with Gasteiger partial charge in [-0.05, 0) is 6.92 Å². The molecule has 0 saturated carbocycles. The lowest BCUT2D eigenvalue weighted by Crippen LogP contribution is -2.23. The van der Waals surface area contributed by atoms with Crippen LogP contribution in [-0.4, -0.2) is 31.3 Å². The van der Waals surface area contributed by atoms with Crippen LogP contribution in [0.4, 0.5) is 5.13 Å². The van der Waals surface area contributed by atoms with Crippen molar-refractivity contribution in [1.29, 1.82) is 0 Å². The van der Waals surface area contributed by atoms with Gasteiger partial charge in [-0.2, -0.15) is 0 Å². The average Bonchev–Trinajstić information content (AvgIpc) is 3.10.